The molecule has 18 heavy (non-hydrogen) atoms. The summed E-state index contributed by atoms with van der Waals surface area (Å²) in [5.74, 6) is -0.0629. The van der Waals surface area contributed by atoms with Crippen molar-refractivity contribution < 1.29 is 14.3 Å². The van der Waals surface area contributed by atoms with Gasteiger partial charge in [0.2, 0.25) is 0 Å². The number of hydrogen-bond donors (Lipinski definition) is 1. The second kappa shape index (κ2) is 4.42. The normalized spacial score (nSPS) is 20.3. The van der Waals surface area contributed by atoms with E-state index in [2.05, 4.69) is 4.98 Å². The Balaban J connectivity index is 1.86. The minimum Gasteiger partial charge on any atom is -0.443 e. The highest BCUT2D eigenvalue weighted by Gasteiger charge is 2.23. The van der Waals surface area contributed by atoms with Crippen LogP contribution in [0.3, 0.4) is 0 Å². The molecule has 2 aromatic rings. The molecule has 1 N–H and O–H groups in total. The van der Waals surface area contributed by atoms with E-state index >= 15 is 0 Å². The molecule has 1 aliphatic heterocycles. The van der Waals surface area contributed by atoms with Crippen molar-refractivity contribution in [2.45, 2.75) is 18.9 Å². The lowest BCUT2D eigenvalue weighted by molar-refractivity contribution is 0.0474. The summed E-state index contributed by atoms with van der Waals surface area (Å²) >= 11 is 0. The van der Waals surface area contributed by atoms with Crippen molar-refractivity contribution in [2.75, 3.05) is 13.1 Å². The molecule has 0 bridgehead atoms. The summed E-state index contributed by atoms with van der Waals surface area (Å²) in [5.41, 5.74) is 1.93. The number of aromatic nitrogens is 1. The van der Waals surface area contributed by atoms with E-state index in [1.54, 1.807) is 23.1 Å². The van der Waals surface area contributed by atoms with E-state index in [0.29, 0.717) is 24.2 Å². The lowest BCUT2D eigenvalue weighted by Gasteiger charge is -2.30. The van der Waals surface area contributed by atoms with E-state index < -0.39 is 6.10 Å². The summed E-state index contributed by atoms with van der Waals surface area (Å²) in [7, 11) is 0. The zero-order valence-electron chi connectivity index (χ0n) is 9.87. The number of likely N-dealkylation sites (tertiary alicyclic amines) is 1. The quantitative estimate of drug-likeness (QED) is 0.826. The van der Waals surface area contributed by atoms with Gasteiger partial charge >= 0.3 is 0 Å². The first-order valence-corrected chi connectivity index (χ1v) is 6.04. The predicted molar refractivity (Wildman–Crippen MR) is 65.2 cm³/mol. The monoisotopic (exact) mass is 246 g/mol. The molecule has 1 aliphatic rings. The molecule has 5 nitrogen and oxygen atoms in total. The molecule has 5 heteroatoms. The molecule has 1 aromatic carbocycles. The van der Waals surface area contributed by atoms with E-state index in [0.717, 1.165) is 18.4 Å². The number of oxazole rings is 1. The Labute approximate surface area is 104 Å². The van der Waals surface area contributed by atoms with Crippen molar-refractivity contribution in [1.82, 2.24) is 9.88 Å². The van der Waals surface area contributed by atoms with Crippen molar-refractivity contribution in [3.63, 3.8) is 0 Å². The van der Waals surface area contributed by atoms with Crippen molar-refractivity contribution in [1.29, 1.82) is 0 Å². The molecule has 1 unspecified atom stereocenters. The topological polar surface area (TPSA) is 66.6 Å². The van der Waals surface area contributed by atoms with Crippen LogP contribution >= 0.6 is 0 Å². The number of nitrogens with zero attached hydrogens (tertiary/aromatic N) is 2. The van der Waals surface area contributed by atoms with Gasteiger partial charge in [-0.3, -0.25) is 4.79 Å². The molecule has 0 radical (unpaired) electrons. The Morgan fingerprint density at radius 1 is 1.50 bits per heavy atom. The summed E-state index contributed by atoms with van der Waals surface area (Å²) in [4.78, 5) is 18.0. The maximum absolute atomic E-state index is 12.3. The fourth-order valence-corrected chi connectivity index (χ4v) is 2.31. The van der Waals surface area contributed by atoms with Gasteiger partial charge in [0, 0.05) is 18.7 Å². The van der Waals surface area contributed by atoms with Crippen LogP contribution in [-0.4, -0.2) is 40.1 Å². The number of hydrogen-bond acceptors (Lipinski definition) is 4. The minimum atomic E-state index is -0.406. The van der Waals surface area contributed by atoms with Crippen LogP contribution in [0.4, 0.5) is 0 Å². The van der Waals surface area contributed by atoms with Crippen LogP contribution in [0.25, 0.3) is 11.1 Å². The molecule has 94 valence electrons. The lowest BCUT2D eigenvalue weighted by Crippen LogP contribution is -2.42. The average Bonchev–Trinajstić information content (AvgIpc) is 2.85. The van der Waals surface area contributed by atoms with Gasteiger partial charge in [-0.25, -0.2) is 4.98 Å². The summed E-state index contributed by atoms with van der Waals surface area (Å²) in [5, 5.41) is 9.59. The SMILES string of the molecule is O=C(c1ccc2ncoc2c1)N1CCCC(O)C1. The predicted octanol–water partition coefficient (Wildman–Crippen LogP) is 1.42. The highest BCUT2D eigenvalue weighted by Crippen LogP contribution is 2.18. The van der Waals surface area contributed by atoms with Crippen LogP contribution in [0.5, 0.6) is 0 Å². The molecule has 1 saturated heterocycles. The molecule has 0 saturated carbocycles. The maximum Gasteiger partial charge on any atom is 0.254 e. The van der Waals surface area contributed by atoms with Gasteiger partial charge in [0.25, 0.3) is 5.91 Å². The van der Waals surface area contributed by atoms with Crippen LogP contribution in [0, 0.1) is 0 Å². The molecule has 1 aromatic heterocycles. The highest BCUT2D eigenvalue weighted by molar-refractivity contribution is 5.97. The number of aliphatic hydroxyl groups excluding tert-OH is 1. The van der Waals surface area contributed by atoms with E-state index in [9.17, 15) is 9.90 Å². The summed E-state index contributed by atoms with van der Waals surface area (Å²) in [6, 6.07) is 5.21. The lowest BCUT2D eigenvalue weighted by atomic mass is 10.1. The van der Waals surface area contributed by atoms with Crippen LogP contribution < -0.4 is 0 Å². The van der Waals surface area contributed by atoms with Crippen LogP contribution in [0.1, 0.15) is 23.2 Å². The summed E-state index contributed by atoms with van der Waals surface area (Å²) in [6.45, 7) is 1.11. The van der Waals surface area contributed by atoms with Crippen LogP contribution in [0.2, 0.25) is 0 Å². The number of rotatable bonds is 1. The molecule has 2 heterocycles. The molecule has 0 spiro atoms. The Morgan fingerprint density at radius 3 is 3.22 bits per heavy atom. The van der Waals surface area contributed by atoms with Gasteiger partial charge in [0.1, 0.15) is 5.52 Å². The van der Waals surface area contributed by atoms with Gasteiger partial charge in [0.05, 0.1) is 6.10 Å². The number of benzene rings is 1. The van der Waals surface area contributed by atoms with Gasteiger partial charge in [-0.15, -0.1) is 0 Å². The van der Waals surface area contributed by atoms with E-state index in [1.165, 1.54) is 6.39 Å². The van der Waals surface area contributed by atoms with Gasteiger partial charge in [-0.05, 0) is 31.0 Å². The number of carbonyl (C=O) groups excluding carboxylic acids is 1. The Bertz CT molecular complexity index is 578. The van der Waals surface area contributed by atoms with E-state index in [4.69, 9.17) is 4.42 Å². The average molecular weight is 246 g/mol. The van der Waals surface area contributed by atoms with Crippen LogP contribution in [-0.2, 0) is 0 Å². The number of amides is 1. The number of aliphatic hydroxyl groups is 1. The highest BCUT2D eigenvalue weighted by atomic mass is 16.3. The van der Waals surface area contributed by atoms with Gasteiger partial charge in [0.15, 0.2) is 12.0 Å². The third-order valence-electron chi connectivity index (χ3n) is 3.26. The summed E-state index contributed by atoms with van der Waals surface area (Å²) in [6.07, 6.45) is 2.57. The molecule has 1 fully saturated rings. The molecule has 0 aliphatic carbocycles. The maximum atomic E-state index is 12.3. The van der Waals surface area contributed by atoms with E-state index in [1.807, 2.05) is 0 Å². The Kier molecular flexibility index (Phi) is 2.76. The third-order valence-corrected chi connectivity index (χ3v) is 3.26. The zero-order valence-corrected chi connectivity index (χ0v) is 9.87. The largest absolute Gasteiger partial charge is 0.443 e. The second-order valence-electron chi connectivity index (χ2n) is 4.58. The molecule has 1 amide bonds. The van der Waals surface area contributed by atoms with Gasteiger partial charge < -0.3 is 14.4 Å². The van der Waals surface area contributed by atoms with Crippen molar-refractivity contribution in [3.05, 3.63) is 30.2 Å². The molecular formula is C13H14N2O3. The fourth-order valence-electron chi connectivity index (χ4n) is 2.31. The minimum absolute atomic E-state index is 0.0629. The number of fused-ring (bicyclic) bond motifs is 1. The summed E-state index contributed by atoms with van der Waals surface area (Å²) < 4.78 is 5.19. The molecular weight excluding hydrogens is 232 g/mol. The van der Waals surface area contributed by atoms with Gasteiger partial charge in [-0.1, -0.05) is 0 Å². The smallest absolute Gasteiger partial charge is 0.254 e. The fraction of sp³-hybridized carbons (Fsp3) is 0.385. The number of carbonyl (C=O) groups is 1. The Hall–Kier alpha value is -1.88. The first-order chi connectivity index (χ1) is 8.74. The third kappa shape index (κ3) is 1.97. The Morgan fingerprint density at radius 2 is 2.39 bits per heavy atom. The first kappa shape index (κ1) is 11.2. The zero-order chi connectivity index (χ0) is 12.5. The van der Waals surface area contributed by atoms with Gasteiger partial charge in [-0.2, -0.15) is 0 Å². The molecule has 1 atom stereocenters. The van der Waals surface area contributed by atoms with Crippen molar-refractivity contribution in [2.24, 2.45) is 0 Å². The number of piperidine rings is 1. The second-order valence-corrected chi connectivity index (χ2v) is 4.58. The number of β-amino-alcohol motifs (C(OH)–C–C–N with tert-alkyl or cyclic N) is 1. The first-order valence-electron chi connectivity index (χ1n) is 6.04. The van der Waals surface area contributed by atoms with E-state index in [-0.39, 0.29) is 5.91 Å². The molecule has 3 rings (SSSR count). The van der Waals surface area contributed by atoms with Crippen molar-refractivity contribution >= 4 is 17.0 Å². The standard InChI is InChI=1S/C13H14N2O3/c16-10-2-1-5-15(7-10)13(17)9-3-4-11-12(6-9)18-8-14-11/h3-4,6,8,10,16H,1-2,5,7H2. The van der Waals surface area contributed by atoms with Crippen molar-refractivity contribution in [3.8, 4) is 0 Å². The van der Waals surface area contributed by atoms with Crippen LogP contribution in [0.15, 0.2) is 29.0 Å².